The number of carbonyl (C=O) groups is 1. The topological polar surface area (TPSA) is 38.3 Å². The molecule has 0 aromatic heterocycles. The van der Waals surface area contributed by atoms with Crippen molar-refractivity contribution in [3.05, 3.63) is 125 Å². The highest BCUT2D eigenvalue weighted by atomic mass is 19.1. The fourth-order valence-corrected chi connectivity index (χ4v) is 3.48. The Morgan fingerprint density at radius 3 is 2.23 bits per heavy atom. The lowest BCUT2D eigenvalue weighted by Crippen LogP contribution is -2.09. The van der Waals surface area contributed by atoms with E-state index in [9.17, 15) is 9.18 Å². The molecule has 4 heteroatoms. The van der Waals surface area contributed by atoms with E-state index in [0.717, 1.165) is 16.8 Å². The number of anilines is 1. The summed E-state index contributed by atoms with van der Waals surface area (Å²) < 4.78 is 19.0. The minimum Gasteiger partial charge on any atom is -0.465 e. The van der Waals surface area contributed by atoms with E-state index in [4.69, 9.17) is 4.74 Å². The number of hydrogen-bond acceptors (Lipinski definition) is 3. The average molecular weight is 397 g/mol. The molecule has 0 bridgehead atoms. The Balaban J connectivity index is 1.89. The molecule has 0 spiro atoms. The summed E-state index contributed by atoms with van der Waals surface area (Å²) in [6, 6.07) is 25.7. The standard InChI is InChI=1S/C26H20FNO2/c1-30-26(29)25-23(19-11-8-12-20(27)15-19)16-22(18-9-4-2-5-10-18)24(25)17-28-21-13-6-3-7-14-21/h2-17,28H,1H3/b24-17-. The Kier molecular flexibility index (Phi) is 5.57. The van der Waals surface area contributed by atoms with Gasteiger partial charge in [0.2, 0.25) is 0 Å². The van der Waals surface area contributed by atoms with Crippen LogP contribution in [0, 0.1) is 5.82 Å². The fourth-order valence-electron chi connectivity index (χ4n) is 3.48. The maximum atomic E-state index is 13.9. The van der Waals surface area contributed by atoms with Crippen molar-refractivity contribution in [3.8, 4) is 0 Å². The monoisotopic (exact) mass is 397 g/mol. The molecule has 3 aromatic rings. The molecule has 3 aromatic carbocycles. The molecule has 4 rings (SSSR count). The molecule has 3 nitrogen and oxygen atoms in total. The molecule has 0 radical (unpaired) electrons. The summed E-state index contributed by atoms with van der Waals surface area (Å²) in [5, 5.41) is 3.26. The molecule has 0 amide bonds. The van der Waals surface area contributed by atoms with Crippen LogP contribution in [0.15, 0.2) is 108 Å². The molecule has 1 aliphatic carbocycles. The Morgan fingerprint density at radius 2 is 1.57 bits per heavy atom. The average Bonchev–Trinajstić information content (AvgIpc) is 3.18. The summed E-state index contributed by atoms with van der Waals surface area (Å²) in [5.74, 6) is -0.837. The van der Waals surface area contributed by atoms with Crippen LogP contribution in [0.25, 0.3) is 11.1 Å². The molecule has 0 atom stereocenters. The SMILES string of the molecule is COC(=O)C1=C(c2cccc(F)c2)C=C(c2ccccc2)/C1=C/Nc1ccccc1. The molecule has 0 heterocycles. The van der Waals surface area contributed by atoms with Gasteiger partial charge in [0.15, 0.2) is 0 Å². The largest absolute Gasteiger partial charge is 0.465 e. The second-order valence-electron chi connectivity index (χ2n) is 6.78. The Morgan fingerprint density at radius 1 is 0.900 bits per heavy atom. The molecule has 30 heavy (non-hydrogen) atoms. The third-order valence-corrected chi connectivity index (χ3v) is 4.88. The first-order valence-corrected chi connectivity index (χ1v) is 9.55. The fraction of sp³-hybridized carbons (Fsp3) is 0.0385. The van der Waals surface area contributed by atoms with Gasteiger partial charge in [0.1, 0.15) is 5.82 Å². The van der Waals surface area contributed by atoms with Gasteiger partial charge < -0.3 is 10.1 Å². The molecule has 0 fully saturated rings. The lowest BCUT2D eigenvalue weighted by Gasteiger charge is -2.12. The van der Waals surface area contributed by atoms with Gasteiger partial charge in [-0.3, -0.25) is 0 Å². The molecule has 1 N–H and O–H groups in total. The zero-order valence-electron chi connectivity index (χ0n) is 16.4. The number of carbonyl (C=O) groups excluding carboxylic acids is 1. The summed E-state index contributed by atoms with van der Waals surface area (Å²) in [5.41, 5.74) is 5.03. The van der Waals surface area contributed by atoms with Gasteiger partial charge in [-0.15, -0.1) is 0 Å². The quantitative estimate of drug-likeness (QED) is 0.549. The minimum atomic E-state index is -0.474. The van der Waals surface area contributed by atoms with E-state index in [0.29, 0.717) is 22.3 Å². The van der Waals surface area contributed by atoms with E-state index in [1.165, 1.54) is 19.2 Å². The van der Waals surface area contributed by atoms with Gasteiger partial charge >= 0.3 is 5.97 Å². The Bertz CT molecular complexity index is 1160. The molecular weight excluding hydrogens is 377 g/mol. The van der Waals surface area contributed by atoms with E-state index in [1.807, 2.05) is 66.7 Å². The van der Waals surface area contributed by atoms with Crippen molar-refractivity contribution < 1.29 is 13.9 Å². The molecule has 148 valence electrons. The molecular formula is C26H20FNO2. The lowest BCUT2D eigenvalue weighted by molar-refractivity contribution is -0.135. The van der Waals surface area contributed by atoms with E-state index in [1.54, 1.807) is 18.3 Å². The normalized spacial score (nSPS) is 14.6. The van der Waals surface area contributed by atoms with Crippen molar-refractivity contribution >= 4 is 22.8 Å². The summed E-state index contributed by atoms with van der Waals surface area (Å²) >= 11 is 0. The predicted octanol–water partition coefficient (Wildman–Crippen LogP) is 5.85. The highest BCUT2D eigenvalue weighted by Crippen LogP contribution is 2.42. The first kappa shape index (κ1) is 19.4. The van der Waals surface area contributed by atoms with Crippen molar-refractivity contribution in [1.29, 1.82) is 0 Å². The van der Waals surface area contributed by atoms with Crippen LogP contribution >= 0.6 is 0 Å². The Hall–Kier alpha value is -3.92. The second-order valence-corrected chi connectivity index (χ2v) is 6.78. The molecule has 0 saturated carbocycles. The maximum Gasteiger partial charge on any atom is 0.339 e. The summed E-state index contributed by atoms with van der Waals surface area (Å²) in [6.45, 7) is 0. The zero-order valence-corrected chi connectivity index (χ0v) is 16.4. The molecule has 0 saturated heterocycles. The van der Waals surface area contributed by atoms with Crippen LogP contribution < -0.4 is 5.32 Å². The van der Waals surface area contributed by atoms with Gasteiger partial charge in [-0.05, 0) is 52.6 Å². The van der Waals surface area contributed by atoms with Crippen LogP contribution in [-0.4, -0.2) is 13.1 Å². The highest BCUT2D eigenvalue weighted by molar-refractivity contribution is 6.16. The number of allylic oxidation sites excluding steroid dienone is 3. The molecule has 0 unspecified atom stereocenters. The number of benzene rings is 3. The van der Waals surface area contributed by atoms with Gasteiger partial charge in [-0.2, -0.15) is 0 Å². The lowest BCUT2D eigenvalue weighted by atomic mass is 9.96. The van der Waals surface area contributed by atoms with E-state index < -0.39 is 5.97 Å². The number of ether oxygens (including phenoxy) is 1. The van der Waals surface area contributed by atoms with Gasteiger partial charge in [0.25, 0.3) is 0 Å². The van der Waals surface area contributed by atoms with Crippen LogP contribution in [0.5, 0.6) is 0 Å². The van der Waals surface area contributed by atoms with Crippen LogP contribution in [0.4, 0.5) is 10.1 Å². The smallest absolute Gasteiger partial charge is 0.339 e. The number of nitrogens with one attached hydrogen (secondary N) is 1. The first-order chi connectivity index (χ1) is 14.7. The maximum absolute atomic E-state index is 13.9. The second kappa shape index (κ2) is 8.62. The van der Waals surface area contributed by atoms with Crippen molar-refractivity contribution in [2.24, 2.45) is 0 Å². The minimum absolute atomic E-state index is 0.362. The number of methoxy groups -OCH3 is 1. The van der Waals surface area contributed by atoms with E-state index in [-0.39, 0.29) is 5.82 Å². The molecule has 0 aliphatic heterocycles. The third kappa shape index (κ3) is 3.94. The Labute approximate surface area is 174 Å². The summed E-state index contributed by atoms with van der Waals surface area (Å²) in [7, 11) is 1.35. The third-order valence-electron chi connectivity index (χ3n) is 4.88. The van der Waals surface area contributed by atoms with Gasteiger partial charge in [0.05, 0.1) is 12.7 Å². The highest BCUT2D eigenvalue weighted by Gasteiger charge is 2.29. The van der Waals surface area contributed by atoms with Crippen LogP contribution in [-0.2, 0) is 9.53 Å². The van der Waals surface area contributed by atoms with Gasteiger partial charge in [0, 0.05) is 17.5 Å². The van der Waals surface area contributed by atoms with Crippen molar-refractivity contribution in [2.45, 2.75) is 0 Å². The number of para-hydroxylation sites is 1. The van der Waals surface area contributed by atoms with Crippen molar-refractivity contribution in [1.82, 2.24) is 0 Å². The van der Waals surface area contributed by atoms with Crippen molar-refractivity contribution in [3.63, 3.8) is 0 Å². The number of rotatable bonds is 5. The number of halogens is 1. The van der Waals surface area contributed by atoms with Crippen LogP contribution in [0.1, 0.15) is 11.1 Å². The van der Waals surface area contributed by atoms with Crippen LogP contribution in [0.3, 0.4) is 0 Å². The van der Waals surface area contributed by atoms with E-state index >= 15 is 0 Å². The predicted molar refractivity (Wildman–Crippen MR) is 118 cm³/mol. The summed E-state index contributed by atoms with van der Waals surface area (Å²) in [6.07, 6.45) is 3.71. The molecule has 1 aliphatic rings. The first-order valence-electron chi connectivity index (χ1n) is 9.55. The van der Waals surface area contributed by atoms with Crippen LogP contribution in [0.2, 0.25) is 0 Å². The zero-order chi connectivity index (χ0) is 20.9. The number of esters is 1. The van der Waals surface area contributed by atoms with Gasteiger partial charge in [-0.25, -0.2) is 9.18 Å². The van der Waals surface area contributed by atoms with Crippen molar-refractivity contribution in [2.75, 3.05) is 12.4 Å². The van der Waals surface area contributed by atoms with E-state index in [2.05, 4.69) is 5.32 Å². The summed E-state index contributed by atoms with van der Waals surface area (Å²) in [4.78, 5) is 12.8. The number of hydrogen-bond donors (Lipinski definition) is 1. The van der Waals surface area contributed by atoms with Gasteiger partial charge in [-0.1, -0.05) is 60.7 Å².